The number of oxime groups is 1. The number of nitrogens with zero attached hydrogens (tertiary/aromatic N) is 1. The normalized spacial score (nSPS) is 14.5. The van der Waals surface area contributed by atoms with E-state index in [0.29, 0.717) is 12.2 Å². The average Bonchev–Trinajstić information content (AvgIpc) is 2.72. The molecule has 0 bridgehead atoms. The third-order valence-corrected chi connectivity index (χ3v) is 4.58. The highest BCUT2D eigenvalue weighted by atomic mass is 16.7. The Morgan fingerprint density at radius 2 is 1.85 bits per heavy atom. The maximum Gasteiger partial charge on any atom is 0.365 e. The Morgan fingerprint density at radius 3 is 2.59 bits per heavy atom. The fraction of sp³-hybridized carbons (Fsp3) is 0.364. The third-order valence-electron chi connectivity index (χ3n) is 4.58. The molecule has 27 heavy (non-hydrogen) atoms. The summed E-state index contributed by atoms with van der Waals surface area (Å²) in [5.74, 6) is 1.05. The molecule has 1 aliphatic rings. The fourth-order valence-corrected chi connectivity index (χ4v) is 3.02. The summed E-state index contributed by atoms with van der Waals surface area (Å²) >= 11 is 0. The minimum absolute atomic E-state index is 0.448. The SMILES string of the molecule is CCCCOc1ccc(C(=O)O/N=C2/CCCc3ccc(OC)cc32)cc1. The number of carbonyl (C=O) groups excluding carboxylic acids is 1. The predicted octanol–water partition coefficient (Wildman–Crippen LogP) is 4.77. The molecule has 5 heteroatoms. The lowest BCUT2D eigenvalue weighted by Crippen LogP contribution is -2.13. The summed E-state index contributed by atoms with van der Waals surface area (Å²) in [6, 6.07) is 12.9. The second-order valence-electron chi connectivity index (χ2n) is 6.52. The molecule has 0 spiro atoms. The number of rotatable bonds is 7. The van der Waals surface area contributed by atoms with Gasteiger partial charge in [0.25, 0.3) is 0 Å². The van der Waals surface area contributed by atoms with Crippen LogP contribution in [-0.2, 0) is 11.3 Å². The molecular weight excluding hydrogens is 342 g/mol. The highest BCUT2D eigenvalue weighted by molar-refractivity contribution is 6.03. The summed E-state index contributed by atoms with van der Waals surface area (Å²) in [7, 11) is 1.64. The molecule has 2 aromatic rings. The van der Waals surface area contributed by atoms with Gasteiger partial charge >= 0.3 is 5.97 Å². The van der Waals surface area contributed by atoms with Crippen LogP contribution in [0.4, 0.5) is 0 Å². The molecule has 0 saturated carbocycles. The first-order valence-corrected chi connectivity index (χ1v) is 9.39. The Morgan fingerprint density at radius 1 is 1.07 bits per heavy atom. The molecule has 0 amide bonds. The lowest BCUT2D eigenvalue weighted by atomic mass is 9.90. The molecule has 3 rings (SSSR count). The van der Waals surface area contributed by atoms with E-state index in [9.17, 15) is 4.79 Å². The van der Waals surface area contributed by atoms with Gasteiger partial charge in [0.2, 0.25) is 0 Å². The number of carbonyl (C=O) groups is 1. The van der Waals surface area contributed by atoms with Crippen molar-refractivity contribution < 1.29 is 19.1 Å². The summed E-state index contributed by atoms with van der Waals surface area (Å²) in [6.07, 6.45) is 4.84. The minimum atomic E-state index is -0.474. The molecule has 0 atom stereocenters. The number of unbranched alkanes of at least 4 members (excludes halogenated alkanes) is 1. The van der Waals surface area contributed by atoms with Gasteiger partial charge < -0.3 is 14.3 Å². The smallest absolute Gasteiger partial charge is 0.365 e. The number of fused-ring (bicyclic) bond motifs is 1. The minimum Gasteiger partial charge on any atom is -0.497 e. The van der Waals surface area contributed by atoms with Crippen molar-refractivity contribution in [3.05, 3.63) is 59.2 Å². The van der Waals surface area contributed by atoms with E-state index in [1.807, 2.05) is 18.2 Å². The first-order valence-electron chi connectivity index (χ1n) is 9.39. The summed E-state index contributed by atoms with van der Waals surface area (Å²) < 4.78 is 10.9. The lowest BCUT2D eigenvalue weighted by Gasteiger charge is -2.18. The highest BCUT2D eigenvalue weighted by Crippen LogP contribution is 2.26. The maximum atomic E-state index is 12.3. The fourth-order valence-electron chi connectivity index (χ4n) is 3.02. The highest BCUT2D eigenvalue weighted by Gasteiger charge is 2.18. The lowest BCUT2D eigenvalue weighted by molar-refractivity contribution is 0.0515. The molecule has 0 aliphatic heterocycles. The van der Waals surface area contributed by atoms with E-state index in [-0.39, 0.29) is 0 Å². The van der Waals surface area contributed by atoms with Gasteiger partial charge in [-0.2, -0.15) is 0 Å². The summed E-state index contributed by atoms with van der Waals surface area (Å²) in [5.41, 5.74) is 3.42. The Kier molecular flexibility index (Phi) is 6.47. The van der Waals surface area contributed by atoms with Gasteiger partial charge in [0.05, 0.1) is 25.0 Å². The van der Waals surface area contributed by atoms with Gasteiger partial charge in [-0.25, -0.2) is 4.79 Å². The van der Waals surface area contributed by atoms with Crippen LogP contribution in [-0.4, -0.2) is 25.4 Å². The van der Waals surface area contributed by atoms with Crippen LogP contribution in [0.3, 0.4) is 0 Å². The van der Waals surface area contributed by atoms with E-state index in [4.69, 9.17) is 14.3 Å². The van der Waals surface area contributed by atoms with E-state index >= 15 is 0 Å². The Balaban J connectivity index is 1.67. The van der Waals surface area contributed by atoms with Crippen LogP contribution in [0, 0.1) is 0 Å². The Labute approximate surface area is 159 Å². The second-order valence-corrected chi connectivity index (χ2v) is 6.52. The molecule has 142 valence electrons. The molecular formula is C22H25NO4. The molecule has 5 nitrogen and oxygen atoms in total. The van der Waals surface area contributed by atoms with Crippen molar-refractivity contribution in [2.75, 3.05) is 13.7 Å². The maximum absolute atomic E-state index is 12.3. The van der Waals surface area contributed by atoms with Crippen molar-refractivity contribution in [2.24, 2.45) is 5.16 Å². The molecule has 0 saturated heterocycles. The molecule has 0 heterocycles. The third kappa shape index (κ3) is 4.88. The van der Waals surface area contributed by atoms with Gasteiger partial charge in [-0.15, -0.1) is 0 Å². The number of aryl methyl sites for hydroxylation is 1. The Hall–Kier alpha value is -2.82. The summed E-state index contributed by atoms with van der Waals surface area (Å²) in [4.78, 5) is 17.5. The van der Waals surface area contributed by atoms with E-state index in [1.54, 1.807) is 31.4 Å². The van der Waals surface area contributed by atoms with E-state index in [2.05, 4.69) is 12.1 Å². The number of hydrogen-bond donors (Lipinski definition) is 0. The Bertz CT molecular complexity index is 812. The molecule has 0 N–H and O–H groups in total. The van der Waals surface area contributed by atoms with Crippen LogP contribution < -0.4 is 9.47 Å². The van der Waals surface area contributed by atoms with Gasteiger partial charge in [0.15, 0.2) is 0 Å². The largest absolute Gasteiger partial charge is 0.497 e. The van der Waals surface area contributed by atoms with E-state index in [0.717, 1.165) is 54.9 Å². The summed E-state index contributed by atoms with van der Waals surface area (Å²) in [5, 5.41) is 4.14. The predicted molar refractivity (Wildman–Crippen MR) is 105 cm³/mol. The van der Waals surface area contributed by atoms with Crippen molar-refractivity contribution in [1.29, 1.82) is 0 Å². The van der Waals surface area contributed by atoms with Crippen LogP contribution in [0.1, 0.15) is 54.1 Å². The van der Waals surface area contributed by atoms with Gasteiger partial charge in [0.1, 0.15) is 11.5 Å². The standard InChI is InChI=1S/C22H25NO4/c1-3-4-14-26-18-11-9-17(10-12-18)22(24)27-23-21-7-5-6-16-8-13-19(25-2)15-20(16)21/h8-13,15H,3-7,14H2,1-2H3/b23-21-. The number of methoxy groups -OCH3 is 1. The van der Waals surface area contributed by atoms with Gasteiger partial charge in [-0.05, 0) is 67.6 Å². The molecule has 1 aliphatic carbocycles. The van der Waals surface area contributed by atoms with Crippen LogP contribution >= 0.6 is 0 Å². The molecule has 2 aromatic carbocycles. The first kappa shape index (κ1) is 19.0. The quantitative estimate of drug-likeness (QED) is 0.402. The van der Waals surface area contributed by atoms with Crippen molar-refractivity contribution in [2.45, 2.75) is 39.0 Å². The monoisotopic (exact) mass is 367 g/mol. The van der Waals surface area contributed by atoms with Crippen LogP contribution in [0.2, 0.25) is 0 Å². The van der Waals surface area contributed by atoms with Gasteiger partial charge in [-0.3, -0.25) is 0 Å². The summed E-state index contributed by atoms with van der Waals surface area (Å²) in [6.45, 7) is 2.79. The number of ether oxygens (including phenoxy) is 2. The van der Waals surface area contributed by atoms with Crippen LogP contribution in [0.5, 0.6) is 11.5 Å². The first-order chi connectivity index (χ1) is 13.2. The van der Waals surface area contributed by atoms with E-state index < -0.39 is 5.97 Å². The van der Waals surface area contributed by atoms with Crippen molar-refractivity contribution in [3.63, 3.8) is 0 Å². The van der Waals surface area contributed by atoms with Crippen LogP contribution in [0.25, 0.3) is 0 Å². The zero-order chi connectivity index (χ0) is 19.1. The van der Waals surface area contributed by atoms with Gasteiger partial charge in [0, 0.05) is 5.56 Å². The topological polar surface area (TPSA) is 57.1 Å². The number of benzene rings is 2. The zero-order valence-corrected chi connectivity index (χ0v) is 15.9. The molecule has 0 aromatic heterocycles. The number of hydrogen-bond acceptors (Lipinski definition) is 5. The molecule has 0 unspecified atom stereocenters. The second kappa shape index (κ2) is 9.21. The van der Waals surface area contributed by atoms with Crippen LogP contribution in [0.15, 0.2) is 47.6 Å². The van der Waals surface area contributed by atoms with Crippen molar-refractivity contribution >= 4 is 11.7 Å². The molecule has 0 radical (unpaired) electrons. The van der Waals surface area contributed by atoms with Gasteiger partial charge in [-0.1, -0.05) is 24.6 Å². The molecule has 0 fully saturated rings. The van der Waals surface area contributed by atoms with E-state index in [1.165, 1.54) is 5.56 Å². The zero-order valence-electron chi connectivity index (χ0n) is 15.9. The van der Waals surface area contributed by atoms with Crippen molar-refractivity contribution in [1.82, 2.24) is 0 Å². The van der Waals surface area contributed by atoms with Crippen molar-refractivity contribution in [3.8, 4) is 11.5 Å². The average molecular weight is 367 g/mol.